The van der Waals surface area contributed by atoms with Gasteiger partial charge < -0.3 is 15.0 Å². The average molecular weight is 264 g/mol. The molecule has 5 nitrogen and oxygen atoms in total. The molecule has 0 unspecified atom stereocenters. The van der Waals surface area contributed by atoms with Crippen LogP contribution in [0.3, 0.4) is 0 Å². The van der Waals surface area contributed by atoms with Crippen molar-refractivity contribution >= 4 is 17.6 Å². The Morgan fingerprint density at radius 2 is 2.05 bits per heavy atom. The summed E-state index contributed by atoms with van der Waals surface area (Å²) in [5.41, 5.74) is 1.35. The van der Waals surface area contributed by atoms with Crippen molar-refractivity contribution in [2.45, 2.75) is 13.3 Å². The maximum Gasteiger partial charge on any atom is 0.338 e. The van der Waals surface area contributed by atoms with Crippen molar-refractivity contribution in [1.82, 2.24) is 5.32 Å². The zero-order valence-electron chi connectivity index (χ0n) is 11.6. The van der Waals surface area contributed by atoms with E-state index in [4.69, 9.17) is 4.74 Å². The van der Waals surface area contributed by atoms with E-state index in [9.17, 15) is 9.59 Å². The van der Waals surface area contributed by atoms with Gasteiger partial charge in [0.2, 0.25) is 0 Å². The fraction of sp³-hybridized carbons (Fsp3) is 0.429. The second-order valence-electron chi connectivity index (χ2n) is 4.37. The Hall–Kier alpha value is -2.04. The molecular formula is C14H20N2O3. The van der Waals surface area contributed by atoms with Crippen LogP contribution < -0.4 is 10.2 Å². The van der Waals surface area contributed by atoms with Crippen molar-refractivity contribution in [2.75, 3.05) is 32.1 Å². The molecule has 0 heterocycles. The third-order valence-electron chi connectivity index (χ3n) is 2.50. The fourth-order valence-electron chi connectivity index (χ4n) is 1.44. The van der Waals surface area contributed by atoms with Gasteiger partial charge in [-0.3, -0.25) is 4.79 Å². The van der Waals surface area contributed by atoms with E-state index in [0.717, 1.165) is 12.1 Å². The fourth-order valence-corrected chi connectivity index (χ4v) is 1.44. The lowest BCUT2D eigenvalue weighted by Crippen LogP contribution is -2.29. The molecule has 0 aliphatic carbocycles. The van der Waals surface area contributed by atoms with Gasteiger partial charge >= 0.3 is 5.97 Å². The third kappa shape index (κ3) is 4.99. The predicted molar refractivity (Wildman–Crippen MR) is 74.4 cm³/mol. The molecule has 1 amide bonds. The van der Waals surface area contributed by atoms with E-state index in [1.54, 1.807) is 18.2 Å². The van der Waals surface area contributed by atoms with Crippen molar-refractivity contribution in [3.05, 3.63) is 29.8 Å². The molecule has 0 atom stereocenters. The highest BCUT2D eigenvalue weighted by Crippen LogP contribution is 2.14. The topological polar surface area (TPSA) is 58.6 Å². The number of benzene rings is 1. The first-order valence-corrected chi connectivity index (χ1v) is 6.25. The average Bonchev–Trinajstić information content (AvgIpc) is 2.42. The van der Waals surface area contributed by atoms with Crippen LogP contribution in [0.5, 0.6) is 0 Å². The second-order valence-corrected chi connectivity index (χ2v) is 4.37. The quantitative estimate of drug-likeness (QED) is 0.790. The summed E-state index contributed by atoms with van der Waals surface area (Å²) in [6, 6.07) is 7.07. The number of esters is 1. The van der Waals surface area contributed by atoms with Crippen molar-refractivity contribution < 1.29 is 14.3 Å². The first-order valence-electron chi connectivity index (χ1n) is 6.25. The molecule has 0 radical (unpaired) electrons. The van der Waals surface area contributed by atoms with Crippen molar-refractivity contribution in [1.29, 1.82) is 0 Å². The first-order chi connectivity index (χ1) is 9.04. The maximum atomic E-state index is 11.8. The van der Waals surface area contributed by atoms with E-state index in [0.29, 0.717) is 12.1 Å². The van der Waals surface area contributed by atoms with Crippen LogP contribution in [0.25, 0.3) is 0 Å². The monoisotopic (exact) mass is 264 g/mol. The number of nitrogens with one attached hydrogen (secondary N) is 1. The molecule has 0 spiro atoms. The molecule has 1 N–H and O–H groups in total. The van der Waals surface area contributed by atoms with Crippen LogP contribution in [0, 0.1) is 0 Å². The van der Waals surface area contributed by atoms with Gasteiger partial charge in [0.15, 0.2) is 6.61 Å². The van der Waals surface area contributed by atoms with Gasteiger partial charge in [0.1, 0.15) is 0 Å². The van der Waals surface area contributed by atoms with E-state index >= 15 is 0 Å². The summed E-state index contributed by atoms with van der Waals surface area (Å²) in [6.45, 7) is 2.30. The summed E-state index contributed by atoms with van der Waals surface area (Å²) in [5, 5.41) is 2.64. The number of amides is 1. The van der Waals surface area contributed by atoms with E-state index < -0.39 is 5.97 Å². The van der Waals surface area contributed by atoms with Crippen LogP contribution in [0.1, 0.15) is 23.7 Å². The summed E-state index contributed by atoms with van der Waals surface area (Å²) in [7, 11) is 3.78. The number of nitrogens with zero attached hydrogens (tertiary/aromatic N) is 1. The summed E-state index contributed by atoms with van der Waals surface area (Å²) >= 11 is 0. The molecule has 0 fully saturated rings. The standard InChI is InChI=1S/C14H20N2O3/c1-4-8-15-13(17)10-19-14(18)11-6-5-7-12(9-11)16(2)3/h5-7,9H,4,8,10H2,1-3H3,(H,15,17). The highest BCUT2D eigenvalue weighted by Gasteiger charge is 2.10. The van der Waals surface area contributed by atoms with E-state index in [1.165, 1.54) is 0 Å². The van der Waals surface area contributed by atoms with Crippen molar-refractivity contribution in [2.24, 2.45) is 0 Å². The highest BCUT2D eigenvalue weighted by molar-refractivity contribution is 5.92. The summed E-state index contributed by atoms with van der Waals surface area (Å²) in [5.74, 6) is -0.769. The Morgan fingerprint density at radius 1 is 1.32 bits per heavy atom. The second kappa shape index (κ2) is 7.41. The largest absolute Gasteiger partial charge is 0.452 e. The molecule has 0 bridgehead atoms. The minimum Gasteiger partial charge on any atom is -0.452 e. The van der Waals surface area contributed by atoms with Crippen LogP contribution in [0.4, 0.5) is 5.69 Å². The van der Waals surface area contributed by atoms with E-state index in [-0.39, 0.29) is 12.5 Å². The zero-order chi connectivity index (χ0) is 14.3. The highest BCUT2D eigenvalue weighted by atomic mass is 16.5. The van der Waals surface area contributed by atoms with Gasteiger partial charge in [-0.25, -0.2) is 4.79 Å². The molecule has 0 saturated heterocycles. The number of rotatable bonds is 6. The van der Waals surface area contributed by atoms with Gasteiger partial charge in [-0.15, -0.1) is 0 Å². The van der Waals surface area contributed by atoms with Crippen LogP contribution >= 0.6 is 0 Å². The Kier molecular flexibility index (Phi) is 5.85. The maximum absolute atomic E-state index is 11.8. The number of anilines is 1. The van der Waals surface area contributed by atoms with E-state index in [1.807, 2.05) is 32.0 Å². The molecule has 1 aromatic rings. The minimum absolute atomic E-state index is 0.245. The molecular weight excluding hydrogens is 244 g/mol. The number of hydrogen-bond donors (Lipinski definition) is 1. The lowest BCUT2D eigenvalue weighted by molar-refractivity contribution is -0.124. The molecule has 19 heavy (non-hydrogen) atoms. The van der Waals surface area contributed by atoms with Gasteiger partial charge in [-0.2, -0.15) is 0 Å². The van der Waals surface area contributed by atoms with Gasteiger partial charge in [0.05, 0.1) is 5.56 Å². The SMILES string of the molecule is CCCNC(=O)COC(=O)c1cccc(N(C)C)c1. The zero-order valence-corrected chi connectivity index (χ0v) is 11.6. The molecule has 0 aliphatic heterocycles. The first kappa shape index (κ1) is 15.0. The summed E-state index contributed by atoms with van der Waals surface area (Å²) < 4.78 is 4.95. The lowest BCUT2D eigenvalue weighted by atomic mass is 10.2. The molecule has 1 aromatic carbocycles. The third-order valence-corrected chi connectivity index (χ3v) is 2.50. The molecule has 0 aliphatic rings. The van der Waals surface area contributed by atoms with Crippen LogP contribution in [-0.2, 0) is 9.53 Å². The Balaban J connectivity index is 2.54. The Bertz CT molecular complexity index is 444. The van der Waals surface area contributed by atoms with Gasteiger partial charge in [0, 0.05) is 26.3 Å². The van der Waals surface area contributed by atoms with Crippen LogP contribution in [0.15, 0.2) is 24.3 Å². The van der Waals surface area contributed by atoms with Crippen molar-refractivity contribution in [3.8, 4) is 0 Å². The molecule has 5 heteroatoms. The lowest BCUT2D eigenvalue weighted by Gasteiger charge is -2.13. The number of ether oxygens (including phenoxy) is 1. The smallest absolute Gasteiger partial charge is 0.338 e. The summed E-state index contributed by atoms with van der Waals surface area (Å²) in [4.78, 5) is 25.0. The number of carbonyl (C=O) groups is 2. The Labute approximate surface area is 113 Å². The van der Waals surface area contributed by atoms with Crippen LogP contribution in [0.2, 0.25) is 0 Å². The van der Waals surface area contributed by atoms with Gasteiger partial charge in [-0.05, 0) is 24.6 Å². The van der Waals surface area contributed by atoms with Crippen LogP contribution in [-0.4, -0.2) is 39.1 Å². The van der Waals surface area contributed by atoms with Gasteiger partial charge in [0.25, 0.3) is 5.91 Å². The van der Waals surface area contributed by atoms with Gasteiger partial charge in [-0.1, -0.05) is 13.0 Å². The molecule has 0 saturated carbocycles. The van der Waals surface area contributed by atoms with E-state index in [2.05, 4.69) is 5.32 Å². The number of carbonyl (C=O) groups excluding carboxylic acids is 2. The number of hydrogen-bond acceptors (Lipinski definition) is 4. The molecule has 104 valence electrons. The molecule has 0 aromatic heterocycles. The van der Waals surface area contributed by atoms with Crippen molar-refractivity contribution in [3.63, 3.8) is 0 Å². The molecule has 1 rings (SSSR count). The summed E-state index contributed by atoms with van der Waals surface area (Å²) in [6.07, 6.45) is 0.852. The normalized spacial score (nSPS) is 9.84. The minimum atomic E-state index is -0.490. The Morgan fingerprint density at radius 3 is 2.68 bits per heavy atom. The predicted octanol–water partition coefficient (Wildman–Crippen LogP) is 1.44.